The fourth-order valence-corrected chi connectivity index (χ4v) is 4.54. The van der Waals surface area contributed by atoms with Gasteiger partial charge in [-0.05, 0) is 74.6 Å². The molecule has 6 nitrogen and oxygen atoms in total. The Morgan fingerprint density at radius 1 is 1.21 bits per heavy atom. The Hall–Kier alpha value is -2.34. The van der Waals surface area contributed by atoms with E-state index in [0.717, 1.165) is 37.3 Å². The number of amides is 2. The first-order valence-corrected chi connectivity index (χ1v) is 10.4. The number of urea groups is 1. The molecule has 0 radical (unpaired) electrons. The maximum Gasteiger partial charge on any atom is 0.315 e. The number of nitrogens with zero attached hydrogens (tertiary/aromatic N) is 2. The van der Waals surface area contributed by atoms with Gasteiger partial charge in [-0.2, -0.15) is 5.10 Å². The van der Waals surface area contributed by atoms with E-state index in [-0.39, 0.29) is 18.1 Å². The lowest BCUT2D eigenvalue weighted by atomic mass is 9.68. The zero-order valence-corrected chi connectivity index (χ0v) is 16.6. The molecule has 2 N–H and O–H groups in total. The molecule has 4 rings (SSSR count). The number of rotatable bonds is 4. The van der Waals surface area contributed by atoms with Gasteiger partial charge in [-0.3, -0.25) is 0 Å². The van der Waals surface area contributed by atoms with E-state index in [2.05, 4.69) is 21.8 Å². The van der Waals surface area contributed by atoms with Crippen LogP contribution in [0.25, 0.3) is 5.69 Å². The van der Waals surface area contributed by atoms with Crippen LogP contribution in [0.3, 0.4) is 0 Å². The number of benzene rings is 1. The van der Waals surface area contributed by atoms with Gasteiger partial charge in [0, 0.05) is 31.6 Å². The summed E-state index contributed by atoms with van der Waals surface area (Å²) in [6.07, 6.45) is 10.6. The molecule has 1 aromatic carbocycles. The molecule has 1 saturated carbocycles. The van der Waals surface area contributed by atoms with Gasteiger partial charge in [0.05, 0.1) is 11.7 Å². The van der Waals surface area contributed by atoms with Crippen LogP contribution in [0.1, 0.15) is 57.1 Å². The van der Waals surface area contributed by atoms with Crippen LogP contribution in [0, 0.1) is 5.41 Å². The lowest BCUT2D eigenvalue weighted by Crippen LogP contribution is -2.46. The van der Waals surface area contributed by atoms with Gasteiger partial charge in [0.1, 0.15) is 0 Å². The highest BCUT2D eigenvalue weighted by molar-refractivity contribution is 5.74. The van der Waals surface area contributed by atoms with Crippen molar-refractivity contribution in [1.82, 2.24) is 20.4 Å². The summed E-state index contributed by atoms with van der Waals surface area (Å²) >= 11 is 0. The first-order chi connectivity index (χ1) is 13.6. The fraction of sp³-hybridized carbons (Fsp3) is 0.545. The summed E-state index contributed by atoms with van der Waals surface area (Å²) in [5, 5.41) is 10.5. The molecule has 2 aromatic rings. The Kier molecular flexibility index (Phi) is 5.67. The molecular weight excluding hydrogens is 352 g/mol. The second kappa shape index (κ2) is 8.35. The number of carbonyl (C=O) groups is 1. The molecule has 2 fully saturated rings. The molecule has 6 heteroatoms. The molecule has 1 spiro atoms. The van der Waals surface area contributed by atoms with E-state index in [1.54, 1.807) is 6.20 Å². The minimum atomic E-state index is -0.0788. The molecule has 1 aromatic heterocycles. The highest BCUT2D eigenvalue weighted by atomic mass is 16.5. The summed E-state index contributed by atoms with van der Waals surface area (Å²) in [5.74, 6) is 0. The van der Waals surface area contributed by atoms with Crippen LogP contribution in [0.4, 0.5) is 4.79 Å². The van der Waals surface area contributed by atoms with Gasteiger partial charge in [0.2, 0.25) is 0 Å². The van der Waals surface area contributed by atoms with Crippen LogP contribution in [-0.4, -0.2) is 35.1 Å². The average molecular weight is 383 g/mol. The Bertz CT molecular complexity index is 774. The quantitative estimate of drug-likeness (QED) is 0.841. The monoisotopic (exact) mass is 382 g/mol. The minimum absolute atomic E-state index is 0.0686. The van der Waals surface area contributed by atoms with Crippen molar-refractivity contribution < 1.29 is 9.53 Å². The zero-order chi connectivity index (χ0) is 19.4. The summed E-state index contributed by atoms with van der Waals surface area (Å²) in [6.45, 7) is 3.81. The summed E-state index contributed by atoms with van der Waals surface area (Å²) in [5.41, 5.74) is 2.52. The summed E-state index contributed by atoms with van der Waals surface area (Å²) in [6, 6.07) is 10.1. The first-order valence-electron chi connectivity index (χ1n) is 10.4. The molecule has 1 aliphatic carbocycles. The summed E-state index contributed by atoms with van der Waals surface area (Å²) in [7, 11) is 0. The van der Waals surface area contributed by atoms with Crippen LogP contribution >= 0.6 is 0 Å². The number of ether oxygens (including phenoxy) is 1. The number of hydrogen-bond donors (Lipinski definition) is 2. The molecule has 1 saturated heterocycles. The van der Waals surface area contributed by atoms with E-state index in [9.17, 15) is 4.79 Å². The predicted octanol–water partition coefficient (Wildman–Crippen LogP) is 3.97. The van der Waals surface area contributed by atoms with Crippen molar-refractivity contribution in [2.45, 2.75) is 57.5 Å². The molecular formula is C22H30N4O2. The van der Waals surface area contributed by atoms with Crippen LogP contribution in [0.15, 0.2) is 42.7 Å². The van der Waals surface area contributed by atoms with E-state index in [4.69, 9.17) is 4.74 Å². The third-order valence-electron chi connectivity index (χ3n) is 6.42. The summed E-state index contributed by atoms with van der Waals surface area (Å²) < 4.78 is 7.34. The second-order valence-electron chi connectivity index (χ2n) is 8.27. The average Bonchev–Trinajstić information content (AvgIpc) is 3.26. The Morgan fingerprint density at radius 3 is 2.71 bits per heavy atom. The normalized spacial score (nSPS) is 20.6. The predicted molar refractivity (Wildman–Crippen MR) is 108 cm³/mol. The number of nitrogens with one attached hydrogen (secondary N) is 2. The standard InChI is InChI=1S/C22H30N4O2/c1-17(18-4-2-5-20(16-18)26-13-3-12-23-26)24-21(27)25-19-6-8-22(9-7-19)10-14-28-15-11-22/h2-5,12-13,16-17,19H,6-11,14-15H2,1H3,(H2,24,25,27). The van der Waals surface area contributed by atoms with Gasteiger partial charge in [0.25, 0.3) is 0 Å². The van der Waals surface area contributed by atoms with Crippen LogP contribution in [-0.2, 0) is 4.74 Å². The lowest BCUT2D eigenvalue weighted by molar-refractivity contribution is -0.00861. The van der Waals surface area contributed by atoms with Crippen molar-refractivity contribution >= 4 is 6.03 Å². The molecule has 1 aliphatic heterocycles. The topological polar surface area (TPSA) is 68.2 Å². The van der Waals surface area contributed by atoms with Gasteiger partial charge in [-0.25, -0.2) is 9.48 Å². The van der Waals surface area contributed by atoms with E-state index >= 15 is 0 Å². The van der Waals surface area contributed by atoms with Gasteiger partial charge >= 0.3 is 6.03 Å². The van der Waals surface area contributed by atoms with Crippen molar-refractivity contribution in [3.63, 3.8) is 0 Å². The first kappa shape index (κ1) is 19.0. The maximum atomic E-state index is 12.5. The molecule has 0 bridgehead atoms. The lowest BCUT2D eigenvalue weighted by Gasteiger charge is -2.42. The van der Waals surface area contributed by atoms with E-state index in [0.29, 0.717) is 5.41 Å². The highest BCUT2D eigenvalue weighted by Crippen LogP contribution is 2.44. The Labute approximate surface area is 166 Å². The van der Waals surface area contributed by atoms with Crippen molar-refractivity contribution in [3.8, 4) is 5.69 Å². The Balaban J connectivity index is 1.29. The largest absolute Gasteiger partial charge is 0.381 e. The van der Waals surface area contributed by atoms with Gasteiger partial charge < -0.3 is 15.4 Å². The number of hydrogen-bond acceptors (Lipinski definition) is 3. The molecule has 28 heavy (non-hydrogen) atoms. The molecule has 150 valence electrons. The maximum absolute atomic E-state index is 12.5. The SMILES string of the molecule is CC(NC(=O)NC1CCC2(CCOCC2)CC1)c1cccc(-n2cccn2)c1. The zero-order valence-electron chi connectivity index (χ0n) is 16.6. The van der Waals surface area contributed by atoms with Crippen molar-refractivity contribution in [3.05, 3.63) is 48.3 Å². The number of aromatic nitrogens is 2. The smallest absolute Gasteiger partial charge is 0.315 e. The fourth-order valence-electron chi connectivity index (χ4n) is 4.54. The van der Waals surface area contributed by atoms with E-state index in [1.807, 2.05) is 42.1 Å². The molecule has 2 aliphatic rings. The molecule has 2 heterocycles. The second-order valence-corrected chi connectivity index (χ2v) is 8.27. The van der Waals surface area contributed by atoms with E-state index < -0.39 is 0 Å². The number of carbonyl (C=O) groups excluding carboxylic acids is 1. The van der Waals surface area contributed by atoms with Crippen molar-refractivity contribution in [1.29, 1.82) is 0 Å². The third kappa shape index (κ3) is 4.38. The third-order valence-corrected chi connectivity index (χ3v) is 6.42. The van der Waals surface area contributed by atoms with Crippen LogP contribution in [0.5, 0.6) is 0 Å². The Morgan fingerprint density at radius 2 is 2.00 bits per heavy atom. The molecule has 1 atom stereocenters. The highest BCUT2D eigenvalue weighted by Gasteiger charge is 2.36. The molecule has 2 amide bonds. The minimum Gasteiger partial charge on any atom is -0.381 e. The summed E-state index contributed by atoms with van der Waals surface area (Å²) in [4.78, 5) is 12.5. The van der Waals surface area contributed by atoms with Crippen LogP contribution < -0.4 is 10.6 Å². The van der Waals surface area contributed by atoms with Crippen molar-refractivity contribution in [2.75, 3.05) is 13.2 Å². The van der Waals surface area contributed by atoms with Gasteiger partial charge in [-0.1, -0.05) is 12.1 Å². The van der Waals surface area contributed by atoms with Gasteiger partial charge in [-0.15, -0.1) is 0 Å². The van der Waals surface area contributed by atoms with Gasteiger partial charge in [0.15, 0.2) is 0 Å². The van der Waals surface area contributed by atoms with Crippen LogP contribution in [0.2, 0.25) is 0 Å². The molecule has 1 unspecified atom stereocenters. The van der Waals surface area contributed by atoms with Crippen molar-refractivity contribution in [2.24, 2.45) is 5.41 Å². The van der Waals surface area contributed by atoms with E-state index in [1.165, 1.54) is 25.7 Å².